The number of amides is 2. The maximum absolute atomic E-state index is 13.3. The monoisotopic (exact) mass is 378 g/mol. The summed E-state index contributed by atoms with van der Waals surface area (Å²) < 4.78 is 0. The smallest absolute Gasteiger partial charge is 0.242 e. The molecular formula is C23H26N2O3. The number of β-amino-alcohol motifs (C(OH)–C–C–N with tert-alkyl or cyclic N) is 1. The molecule has 1 aliphatic heterocycles. The molecule has 2 amide bonds. The predicted molar refractivity (Wildman–Crippen MR) is 107 cm³/mol. The van der Waals surface area contributed by atoms with Gasteiger partial charge >= 0.3 is 0 Å². The minimum atomic E-state index is -0.724. The van der Waals surface area contributed by atoms with Crippen molar-refractivity contribution in [3.05, 3.63) is 71.8 Å². The van der Waals surface area contributed by atoms with Crippen LogP contribution in [-0.4, -0.2) is 59.0 Å². The molecule has 1 unspecified atom stereocenters. The maximum Gasteiger partial charge on any atom is 0.242 e. The molecule has 1 heterocycles. The minimum absolute atomic E-state index is 0.0315. The highest BCUT2D eigenvalue weighted by Gasteiger charge is 2.53. The van der Waals surface area contributed by atoms with Gasteiger partial charge in [-0.05, 0) is 30.4 Å². The van der Waals surface area contributed by atoms with Gasteiger partial charge in [0.2, 0.25) is 11.8 Å². The summed E-state index contributed by atoms with van der Waals surface area (Å²) in [6.07, 6.45) is 1.61. The first-order valence-electron chi connectivity index (χ1n) is 9.93. The molecule has 0 aromatic heterocycles. The molecule has 0 radical (unpaired) electrons. The quantitative estimate of drug-likeness (QED) is 0.866. The van der Waals surface area contributed by atoms with Gasteiger partial charge in [-0.25, -0.2) is 0 Å². The molecule has 2 aliphatic rings. The van der Waals surface area contributed by atoms with Crippen molar-refractivity contribution in [1.29, 1.82) is 0 Å². The molecule has 5 nitrogen and oxygen atoms in total. The molecule has 2 fully saturated rings. The molecule has 0 bridgehead atoms. The third kappa shape index (κ3) is 3.80. The van der Waals surface area contributed by atoms with Crippen LogP contribution in [0, 0.1) is 0 Å². The standard InChI is InChI=1S/C23H26N2O3/c26-20-15-24(14-11-18-7-3-1-4-8-18)21(27)17-25(16-20)22(28)23(12-13-23)19-9-5-2-6-10-19/h1-10,20,26H,11-17H2. The van der Waals surface area contributed by atoms with E-state index in [-0.39, 0.29) is 31.4 Å². The van der Waals surface area contributed by atoms with Crippen LogP contribution >= 0.6 is 0 Å². The second kappa shape index (κ2) is 7.76. The van der Waals surface area contributed by atoms with Crippen molar-refractivity contribution in [3.63, 3.8) is 0 Å². The Morgan fingerprint density at radius 3 is 2.29 bits per heavy atom. The number of hydrogen-bond donors (Lipinski definition) is 1. The van der Waals surface area contributed by atoms with Crippen molar-refractivity contribution >= 4 is 11.8 Å². The topological polar surface area (TPSA) is 60.9 Å². The average molecular weight is 378 g/mol. The first-order chi connectivity index (χ1) is 13.6. The average Bonchev–Trinajstić information content (AvgIpc) is 3.54. The zero-order valence-corrected chi connectivity index (χ0v) is 16.0. The first-order valence-corrected chi connectivity index (χ1v) is 9.93. The van der Waals surface area contributed by atoms with E-state index in [0.29, 0.717) is 6.54 Å². The Kier molecular flexibility index (Phi) is 5.18. The molecule has 28 heavy (non-hydrogen) atoms. The number of hydrogen-bond acceptors (Lipinski definition) is 3. The second-order valence-electron chi connectivity index (χ2n) is 7.86. The van der Waals surface area contributed by atoms with E-state index in [4.69, 9.17) is 0 Å². The number of benzene rings is 2. The zero-order chi connectivity index (χ0) is 19.6. The molecular weight excluding hydrogens is 352 g/mol. The van der Waals surface area contributed by atoms with E-state index in [9.17, 15) is 14.7 Å². The Balaban J connectivity index is 1.44. The Bertz CT molecular complexity index is 833. The van der Waals surface area contributed by atoms with Gasteiger partial charge in [0, 0.05) is 19.6 Å². The van der Waals surface area contributed by atoms with Crippen LogP contribution in [0.2, 0.25) is 0 Å². The summed E-state index contributed by atoms with van der Waals surface area (Å²) in [5.74, 6) is -0.124. The minimum Gasteiger partial charge on any atom is -0.389 e. The van der Waals surface area contributed by atoms with Gasteiger partial charge in [-0.3, -0.25) is 9.59 Å². The van der Waals surface area contributed by atoms with Gasteiger partial charge in [0.25, 0.3) is 0 Å². The fourth-order valence-electron chi connectivity index (χ4n) is 4.09. The summed E-state index contributed by atoms with van der Waals surface area (Å²) in [6, 6.07) is 19.8. The predicted octanol–water partition coefficient (Wildman–Crippen LogP) is 1.99. The highest BCUT2D eigenvalue weighted by atomic mass is 16.3. The van der Waals surface area contributed by atoms with E-state index in [1.807, 2.05) is 60.7 Å². The fraction of sp³-hybridized carbons (Fsp3) is 0.391. The lowest BCUT2D eigenvalue weighted by atomic mass is 9.94. The summed E-state index contributed by atoms with van der Waals surface area (Å²) >= 11 is 0. The Labute approximate surface area is 165 Å². The lowest BCUT2D eigenvalue weighted by Crippen LogP contribution is -2.44. The van der Waals surface area contributed by atoms with Crippen molar-refractivity contribution in [3.8, 4) is 0 Å². The molecule has 2 aromatic rings. The van der Waals surface area contributed by atoms with Crippen LogP contribution in [0.5, 0.6) is 0 Å². The highest BCUT2D eigenvalue weighted by Crippen LogP contribution is 2.49. The Morgan fingerprint density at radius 1 is 1.00 bits per heavy atom. The molecule has 5 heteroatoms. The number of aliphatic hydroxyl groups is 1. The summed E-state index contributed by atoms with van der Waals surface area (Å²) in [7, 11) is 0. The van der Waals surface area contributed by atoms with Crippen molar-refractivity contribution < 1.29 is 14.7 Å². The molecule has 146 valence electrons. The molecule has 1 saturated heterocycles. The van der Waals surface area contributed by atoms with Crippen molar-refractivity contribution in [1.82, 2.24) is 9.80 Å². The van der Waals surface area contributed by atoms with E-state index in [1.165, 1.54) is 0 Å². The number of rotatable bonds is 5. The van der Waals surface area contributed by atoms with Gasteiger partial charge in [-0.2, -0.15) is 0 Å². The van der Waals surface area contributed by atoms with Crippen molar-refractivity contribution in [2.24, 2.45) is 0 Å². The largest absolute Gasteiger partial charge is 0.389 e. The van der Waals surface area contributed by atoms with Gasteiger partial charge in [0.15, 0.2) is 0 Å². The van der Waals surface area contributed by atoms with Crippen molar-refractivity contribution in [2.45, 2.75) is 30.8 Å². The summed E-state index contributed by atoms with van der Waals surface area (Å²) in [6.45, 7) is 1.07. The van der Waals surface area contributed by atoms with Gasteiger partial charge < -0.3 is 14.9 Å². The number of carbonyl (C=O) groups excluding carboxylic acids is 2. The summed E-state index contributed by atoms with van der Waals surface area (Å²) in [5, 5.41) is 10.5. The Hall–Kier alpha value is -2.66. The van der Waals surface area contributed by atoms with Crippen molar-refractivity contribution in [2.75, 3.05) is 26.2 Å². The third-order valence-electron chi connectivity index (χ3n) is 5.83. The SMILES string of the molecule is O=C1CN(C(=O)C2(c3ccccc3)CC2)CC(O)CN1CCc1ccccc1. The molecule has 0 spiro atoms. The van der Waals surface area contributed by atoms with Crippen LogP contribution in [0.1, 0.15) is 24.0 Å². The van der Waals surface area contributed by atoms with Gasteiger partial charge in [-0.15, -0.1) is 0 Å². The lowest BCUT2D eigenvalue weighted by Gasteiger charge is -2.26. The molecule has 1 saturated carbocycles. The second-order valence-corrected chi connectivity index (χ2v) is 7.86. The summed E-state index contributed by atoms with van der Waals surface area (Å²) in [5.41, 5.74) is 1.65. The molecule has 4 rings (SSSR count). The van der Waals surface area contributed by atoms with Gasteiger partial charge in [-0.1, -0.05) is 60.7 Å². The number of carbonyl (C=O) groups is 2. The van der Waals surface area contributed by atoms with Gasteiger partial charge in [0.05, 0.1) is 18.1 Å². The van der Waals surface area contributed by atoms with E-state index < -0.39 is 11.5 Å². The van der Waals surface area contributed by atoms with Crippen LogP contribution in [0.3, 0.4) is 0 Å². The van der Waals surface area contributed by atoms with E-state index in [0.717, 1.165) is 30.4 Å². The summed E-state index contributed by atoms with van der Waals surface area (Å²) in [4.78, 5) is 29.3. The highest BCUT2D eigenvalue weighted by molar-refractivity contribution is 5.94. The van der Waals surface area contributed by atoms with Crippen LogP contribution in [-0.2, 0) is 21.4 Å². The Morgan fingerprint density at radius 2 is 1.64 bits per heavy atom. The molecule has 1 N–H and O–H groups in total. The number of aliphatic hydroxyl groups excluding tert-OH is 1. The van der Waals surface area contributed by atoms with Crippen LogP contribution < -0.4 is 0 Å². The van der Waals surface area contributed by atoms with E-state index >= 15 is 0 Å². The van der Waals surface area contributed by atoms with E-state index in [2.05, 4.69) is 0 Å². The van der Waals surface area contributed by atoms with E-state index in [1.54, 1.807) is 9.80 Å². The van der Waals surface area contributed by atoms with Crippen LogP contribution in [0.4, 0.5) is 0 Å². The normalized spacial score (nSPS) is 21.3. The maximum atomic E-state index is 13.3. The first kappa shape index (κ1) is 18.7. The van der Waals surface area contributed by atoms with Crippen LogP contribution in [0.25, 0.3) is 0 Å². The third-order valence-corrected chi connectivity index (χ3v) is 5.83. The molecule has 1 aliphatic carbocycles. The van der Waals surface area contributed by atoms with Gasteiger partial charge in [0.1, 0.15) is 0 Å². The molecule has 2 aromatic carbocycles. The molecule has 1 atom stereocenters. The lowest BCUT2D eigenvalue weighted by molar-refractivity contribution is -0.140. The number of nitrogens with zero attached hydrogens (tertiary/aromatic N) is 2. The fourth-order valence-corrected chi connectivity index (χ4v) is 4.09. The van der Waals surface area contributed by atoms with Crippen LogP contribution in [0.15, 0.2) is 60.7 Å². The zero-order valence-electron chi connectivity index (χ0n) is 16.0.